The van der Waals surface area contributed by atoms with Crippen LogP contribution in [-0.2, 0) is 37.0 Å². The highest BCUT2D eigenvalue weighted by Gasteiger charge is 2.27. The topological polar surface area (TPSA) is 39.2 Å². The van der Waals surface area contributed by atoms with E-state index in [9.17, 15) is 4.55 Å². The van der Waals surface area contributed by atoms with Crippen LogP contribution in [0.1, 0.15) is 66.2 Å². The number of aromatic nitrogens is 1. The number of fused-ring (bicyclic) bond motifs is 1. The van der Waals surface area contributed by atoms with Gasteiger partial charge in [0, 0.05) is 35.5 Å². The van der Waals surface area contributed by atoms with Crippen molar-refractivity contribution in [3.05, 3.63) is 82.0 Å². The van der Waals surface area contributed by atoms with Crippen LogP contribution in [0, 0.1) is 6.92 Å². The third-order valence-electron chi connectivity index (χ3n) is 7.13. The van der Waals surface area contributed by atoms with Gasteiger partial charge < -0.3 is 4.55 Å². The lowest BCUT2D eigenvalue weighted by Gasteiger charge is -2.34. The molecule has 0 amide bonds. The normalized spacial score (nSPS) is 16.6. The summed E-state index contributed by atoms with van der Waals surface area (Å²) in [6.45, 7) is 7.21. The van der Waals surface area contributed by atoms with Crippen molar-refractivity contribution in [2.45, 2.75) is 70.4 Å². The van der Waals surface area contributed by atoms with Gasteiger partial charge in [-0.05, 0) is 79.5 Å². The van der Waals surface area contributed by atoms with E-state index in [-0.39, 0.29) is 0 Å². The van der Waals surface area contributed by atoms with Gasteiger partial charge >= 0.3 is 0 Å². The summed E-state index contributed by atoms with van der Waals surface area (Å²) in [5.41, 5.74) is 9.79. The molecule has 2 atom stereocenters. The zero-order chi connectivity index (χ0) is 23.5. The molecule has 0 N–H and O–H groups in total. The highest BCUT2D eigenvalue weighted by Crippen LogP contribution is 2.36. The van der Waals surface area contributed by atoms with E-state index in [0.29, 0.717) is 6.04 Å². The Balaban J connectivity index is 1.73. The van der Waals surface area contributed by atoms with E-state index in [2.05, 4.69) is 81.2 Å². The predicted octanol–water partition coefficient (Wildman–Crippen LogP) is 6.43. The molecule has 3 nitrogen and oxygen atoms in total. The van der Waals surface area contributed by atoms with Crippen molar-refractivity contribution in [3.63, 3.8) is 0 Å². The quantitative estimate of drug-likeness (QED) is 0.381. The van der Waals surface area contributed by atoms with Crippen molar-refractivity contribution >= 4 is 11.2 Å². The van der Waals surface area contributed by atoms with E-state index in [1.165, 1.54) is 34.2 Å². The summed E-state index contributed by atoms with van der Waals surface area (Å²) >= 11 is -1.09. The first-order valence-electron chi connectivity index (χ1n) is 12.2. The Morgan fingerprint density at radius 3 is 2.42 bits per heavy atom. The number of nitrogens with zero attached hydrogens (tertiary/aromatic N) is 2. The first kappa shape index (κ1) is 24.0. The predicted molar refractivity (Wildman–Crippen MR) is 139 cm³/mol. The number of pyridine rings is 1. The smallest absolute Gasteiger partial charge is 0.160 e. The Morgan fingerprint density at radius 1 is 1.06 bits per heavy atom. The molecule has 33 heavy (non-hydrogen) atoms. The minimum Gasteiger partial charge on any atom is -0.612 e. The zero-order valence-corrected chi connectivity index (χ0v) is 21.5. The van der Waals surface area contributed by atoms with E-state index >= 15 is 0 Å². The van der Waals surface area contributed by atoms with Crippen LogP contribution in [0.25, 0.3) is 11.3 Å². The van der Waals surface area contributed by atoms with E-state index in [1.54, 1.807) is 6.26 Å². The maximum absolute atomic E-state index is 12.9. The number of hydrogen-bond acceptors (Lipinski definition) is 3. The summed E-state index contributed by atoms with van der Waals surface area (Å²) in [6.07, 6.45) is 7.25. The Labute approximate surface area is 202 Å². The van der Waals surface area contributed by atoms with Crippen LogP contribution < -0.4 is 0 Å². The van der Waals surface area contributed by atoms with Crippen LogP contribution in [0.4, 0.5) is 0 Å². The highest BCUT2D eigenvalue weighted by atomic mass is 32.2. The Morgan fingerprint density at radius 2 is 1.76 bits per heavy atom. The van der Waals surface area contributed by atoms with Gasteiger partial charge in [-0.2, -0.15) is 0 Å². The number of hydrogen-bond donors (Lipinski definition) is 0. The van der Waals surface area contributed by atoms with Crippen molar-refractivity contribution in [2.24, 2.45) is 0 Å². The summed E-state index contributed by atoms with van der Waals surface area (Å²) in [5, 5.41) is 0. The van der Waals surface area contributed by atoms with Crippen molar-refractivity contribution < 1.29 is 4.55 Å². The second-order valence-corrected chi connectivity index (χ2v) is 10.6. The molecule has 1 unspecified atom stereocenters. The number of rotatable bonds is 7. The SMILES string of the molecule is CCc1cccc(CC)c1-c1cc([S+](C)[O-])c(CN(C)[C@H]2CCCc3ccccc32)c(C)n1. The van der Waals surface area contributed by atoms with Crippen LogP contribution in [0.2, 0.25) is 0 Å². The Kier molecular flexibility index (Phi) is 7.58. The van der Waals surface area contributed by atoms with Gasteiger partial charge in [-0.25, -0.2) is 0 Å². The highest BCUT2D eigenvalue weighted by molar-refractivity contribution is 7.90. The van der Waals surface area contributed by atoms with Crippen LogP contribution in [0.15, 0.2) is 53.4 Å². The van der Waals surface area contributed by atoms with Gasteiger partial charge in [0.2, 0.25) is 0 Å². The van der Waals surface area contributed by atoms with Gasteiger partial charge in [0.25, 0.3) is 0 Å². The van der Waals surface area contributed by atoms with Crippen LogP contribution >= 0.6 is 0 Å². The molecule has 4 heteroatoms. The largest absolute Gasteiger partial charge is 0.612 e. The molecule has 1 heterocycles. The lowest BCUT2D eigenvalue weighted by molar-refractivity contribution is 0.211. The molecule has 174 valence electrons. The van der Waals surface area contributed by atoms with Gasteiger partial charge in [-0.15, -0.1) is 0 Å². The maximum atomic E-state index is 12.9. The second-order valence-electron chi connectivity index (χ2n) is 9.20. The molecule has 2 aromatic carbocycles. The van der Waals surface area contributed by atoms with Crippen LogP contribution in [0.5, 0.6) is 0 Å². The average molecular weight is 461 g/mol. The first-order valence-corrected chi connectivity index (χ1v) is 13.7. The molecule has 1 aliphatic rings. The van der Waals surface area contributed by atoms with Gasteiger partial charge in [-0.3, -0.25) is 9.88 Å². The Bertz CT molecular complexity index is 1100. The van der Waals surface area contributed by atoms with E-state index < -0.39 is 11.2 Å². The number of aryl methyl sites for hydroxylation is 4. The van der Waals surface area contributed by atoms with E-state index in [4.69, 9.17) is 4.98 Å². The van der Waals surface area contributed by atoms with E-state index in [1.807, 2.05) is 0 Å². The molecule has 3 aromatic rings. The average Bonchev–Trinajstić information content (AvgIpc) is 2.83. The lowest BCUT2D eigenvalue weighted by Crippen LogP contribution is -2.28. The standard InChI is InChI=1S/C29H36N2OS/c1-6-21-13-10-14-22(7-2)29(21)26-18-28(33(5)32)25(20(3)30-26)19-31(4)27-17-11-15-23-12-8-9-16-24(23)27/h8-10,12-14,16,18,27H,6-7,11,15,17,19H2,1-5H3/t27-,33?/m0/s1. The number of benzene rings is 2. The molecule has 0 bridgehead atoms. The van der Waals surface area contributed by atoms with Crippen molar-refractivity contribution in [3.8, 4) is 11.3 Å². The van der Waals surface area contributed by atoms with Gasteiger partial charge in [0.1, 0.15) is 6.26 Å². The van der Waals surface area contributed by atoms with Crippen molar-refractivity contribution in [1.82, 2.24) is 9.88 Å². The molecule has 0 aliphatic heterocycles. The summed E-state index contributed by atoms with van der Waals surface area (Å²) in [4.78, 5) is 8.43. The molecule has 0 spiro atoms. The fraction of sp³-hybridized carbons (Fsp3) is 0.414. The minimum atomic E-state index is -1.09. The third kappa shape index (κ3) is 4.89. The summed E-state index contributed by atoms with van der Waals surface area (Å²) < 4.78 is 12.9. The van der Waals surface area contributed by atoms with Crippen molar-refractivity contribution in [2.75, 3.05) is 13.3 Å². The Hall–Kier alpha value is -2.14. The second kappa shape index (κ2) is 10.4. The molecule has 0 saturated heterocycles. The maximum Gasteiger partial charge on any atom is 0.160 e. The molecule has 0 radical (unpaired) electrons. The minimum absolute atomic E-state index is 0.389. The summed E-state index contributed by atoms with van der Waals surface area (Å²) in [5.74, 6) is 0. The van der Waals surface area contributed by atoms with Crippen LogP contribution in [0.3, 0.4) is 0 Å². The molecular formula is C29H36N2OS. The monoisotopic (exact) mass is 460 g/mol. The fourth-order valence-electron chi connectivity index (χ4n) is 5.36. The molecule has 1 aromatic heterocycles. The third-order valence-corrected chi connectivity index (χ3v) is 8.12. The molecule has 0 saturated carbocycles. The summed E-state index contributed by atoms with van der Waals surface area (Å²) in [6, 6.07) is 17.8. The van der Waals surface area contributed by atoms with E-state index in [0.717, 1.165) is 54.1 Å². The van der Waals surface area contributed by atoms with Gasteiger partial charge in [0.05, 0.1) is 5.69 Å². The molecule has 1 aliphatic carbocycles. The zero-order valence-electron chi connectivity index (χ0n) is 20.6. The fourth-order valence-corrected chi connectivity index (χ4v) is 6.20. The molecule has 4 rings (SSSR count). The van der Waals surface area contributed by atoms with Gasteiger partial charge in [0.15, 0.2) is 4.90 Å². The summed E-state index contributed by atoms with van der Waals surface area (Å²) in [7, 11) is 2.20. The lowest BCUT2D eigenvalue weighted by atomic mass is 9.87. The van der Waals surface area contributed by atoms with Crippen molar-refractivity contribution in [1.29, 1.82) is 0 Å². The first-order chi connectivity index (χ1) is 15.9. The van der Waals surface area contributed by atoms with Gasteiger partial charge in [-0.1, -0.05) is 56.3 Å². The molecule has 0 fully saturated rings. The molecular weight excluding hydrogens is 424 g/mol. The van der Waals surface area contributed by atoms with Crippen LogP contribution in [-0.4, -0.2) is 27.7 Å².